The molecule has 0 aliphatic heterocycles. The monoisotopic (exact) mass is 366 g/mol. The van der Waals surface area contributed by atoms with E-state index >= 15 is 0 Å². The highest BCUT2D eigenvalue weighted by molar-refractivity contribution is 9.10. The first-order valence-corrected chi connectivity index (χ1v) is 7.87. The van der Waals surface area contributed by atoms with Crippen LogP contribution in [-0.4, -0.2) is 37.8 Å². The van der Waals surface area contributed by atoms with Crippen LogP contribution in [0.4, 0.5) is 13.2 Å². The summed E-state index contributed by atoms with van der Waals surface area (Å²) in [6.45, 7) is 1.94. The Kier molecular flexibility index (Phi) is 7.70. The van der Waals surface area contributed by atoms with Crippen molar-refractivity contribution in [3.8, 4) is 0 Å². The molecule has 1 rings (SSSR count). The van der Waals surface area contributed by atoms with Crippen molar-refractivity contribution in [1.82, 2.24) is 10.2 Å². The zero-order valence-corrected chi connectivity index (χ0v) is 14.0. The summed E-state index contributed by atoms with van der Waals surface area (Å²) >= 11 is 3.49. The average molecular weight is 367 g/mol. The number of nitrogens with one attached hydrogen (secondary N) is 1. The molecular formula is C15H22BrF3N2. The van der Waals surface area contributed by atoms with E-state index in [0.717, 1.165) is 16.5 Å². The molecule has 0 aromatic heterocycles. The summed E-state index contributed by atoms with van der Waals surface area (Å²) in [5, 5.41) is 3.18. The minimum Gasteiger partial charge on any atom is -0.313 e. The molecule has 21 heavy (non-hydrogen) atoms. The second kappa shape index (κ2) is 8.76. The van der Waals surface area contributed by atoms with Crippen LogP contribution in [0.5, 0.6) is 0 Å². The quantitative estimate of drug-likeness (QED) is 0.734. The molecule has 1 aromatic carbocycles. The molecule has 0 aliphatic carbocycles. The van der Waals surface area contributed by atoms with Crippen LogP contribution in [0.15, 0.2) is 28.7 Å². The second-order valence-corrected chi connectivity index (χ2v) is 5.90. The summed E-state index contributed by atoms with van der Waals surface area (Å²) < 4.78 is 38.6. The third-order valence-electron chi connectivity index (χ3n) is 3.31. The zero-order valence-electron chi connectivity index (χ0n) is 12.4. The maximum atomic E-state index is 12.6. The summed E-state index contributed by atoms with van der Waals surface area (Å²) in [5.74, 6) is 0. The lowest BCUT2D eigenvalue weighted by atomic mass is 10.0. The van der Waals surface area contributed by atoms with E-state index in [1.807, 2.05) is 38.2 Å². The molecule has 0 aliphatic rings. The molecule has 0 spiro atoms. The van der Waals surface area contributed by atoms with Crippen molar-refractivity contribution in [3.63, 3.8) is 0 Å². The topological polar surface area (TPSA) is 15.3 Å². The smallest absolute Gasteiger partial charge is 0.313 e. The van der Waals surface area contributed by atoms with Gasteiger partial charge in [0.1, 0.15) is 0 Å². The fourth-order valence-electron chi connectivity index (χ4n) is 2.36. The van der Waals surface area contributed by atoms with Gasteiger partial charge in [-0.3, -0.25) is 4.90 Å². The van der Waals surface area contributed by atoms with E-state index in [1.165, 1.54) is 4.90 Å². The van der Waals surface area contributed by atoms with Crippen molar-refractivity contribution in [2.75, 3.05) is 26.7 Å². The number of alkyl halides is 3. The van der Waals surface area contributed by atoms with E-state index in [2.05, 4.69) is 21.2 Å². The third kappa shape index (κ3) is 6.80. The average Bonchev–Trinajstić information content (AvgIpc) is 2.39. The van der Waals surface area contributed by atoms with E-state index in [0.29, 0.717) is 19.5 Å². The van der Waals surface area contributed by atoms with E-state index in [-0.39, 0.29) is 6.04 Å². The summed E-state index contributed by atoms with van der Waals surface area (Å²) in [6, 6.07) is 7.82. The highest BCUT2D eigenvalue weighted by atomic mass is 79.9. The van der Waals surface area contributed by atoms with Gasteiger partial charge in [0, 0.05) is 17.1 Å². The molecule has 0 heterocycles. The minimum absolute atomic E-state index is 0.0353. The first-order valence-electron chi connectivity index (χ1n) is 7.08. The molecule has 0 bridgehead atoms. The van der Waals surface area contributed by atoms with Crippen molar-refractivity contribution in [2.24, 2.45) is 0 Å². The molecular weight excluding hydrogens is 345 g/mol. The van der Waals surface area contributed by atoms with Crippen LogP contribution in [0, 0.1) is 0 Å². The third-order valence-corrected chi connectivity index (χ3v) is 4.03. The maximum Gasteiger partial charge on any atom is 0.401 e. The van der Waals surface area contributed by atoms with Crippen molar-refractivity contribution in [1.29, 1.82) is 0 Å². The van der Waals surface area contributed by atoms with Crippen LogP contribution < -0.4 is 5.32 Å². The number of benzene rings is 1. The van der Waals surface area contributed by atoms with Gasteiger partial charge in [0.05, 0.1) is 6.54 Å². The first-order chi connectivity index (χ1) is 9.87. The Labute approximate surface area is 132 Å². The number of hydrogen-bond acceptors (Lipinski definition) is 2. The Balaban J connectivity index is 2.66. The van der Waals surface area contributed by atoms with Crippen molar-refractivity contribution >= 4 is 15.9 Å². The summed E-state index contributed by atoms with van der Waals surface area (Å²) in [6.07, 6.45) is -2.79. The Morgan fingerprint density at radius 3 is 2.43 bits per heavy atom. The molecule has 0 saturated heterocycles. The molecule has 0 radical (unpaired) electrons. The van der Waals surface area contributed by atoms with Crippen LogP contribution in [0.1, 0.15) is 31.4 Å². The number of halogens is 4. The molecule has 0 amide bonds. The largest absolute Gasteiger partial charge is 0.401 e. The van der Waals surface area contributed by atoms with E-state index in [4.69, 9.17) is 0 Å². The molecule has 120 valence electrons. The second-order valence-electron chi connectivity index (χ2n) is 5.04. The summed E-state index contributed by atoms with van der Waals surface area (Å²) in [7, 11) is 1.83. The number of hydrogen-bond donors (Lipinski definition) is 1. The molecule has 1 aromatic rings. The Bertz CT molecular complexity index is 424. The molecule has 0 saturated carbocycles. The van der Waals surface area contributed by atoms with Crippen LogP contribution in [-0.2, 0) is 0 Å². The molecule has 0 fully saturated rings. The van der Waals surface area contributed by atoms with Gasteiger partial charge in [-0.25, -0.2) is 0 Å². The predicted molar refractivity (Wildman–Crippen MR) is 83.3 cm³/mol. The van der Waals surface area contributed by atoms with Gasteiger partial charge in [-0.05, 0) is 38.1 Å². The van der Waals surface area contributed by atoms with E-state index in [1.54, 1.807) is 0 Å². The van der Waals surface area contributed by atoms with Crippen molar-refractivity contribution in [3.05, 3.63) is 34.3 Å². The highest BCUT2D eigenvalue weighted by Crippen LogP contribution is 2.26. The van der Waals surface area contributed by atoms with Gasteiger partial charge >= 0.3 is 6.18 Å². The van der Waals surface area contributed by atoms with Gasteiger partial charge in [0.25, 0.3) is 0 Å². The summed E-state index contributed by atoms with van der Waals surface area (Å²) in [5.41, 5.74) is 1.07. The fourth-order valence-corrected chi connectivity index (χ4v) is 2.93. The highest BCUT2D eigenvalue weighted by Gasteiger charge is 2.30. The van der Waals surface area contributed by atoms with Gasteiger partial charge in [-0.1, -0.05) is 41.1 Å². The maximum absolute atomic E-state index is 12.6. The van der Waals surface area contributed by atoms with Crippen LogP contribution in [0.3, 0.4) is 0 Å². The van der Waals surface area contributed by atoms with Crippen molar-refractivity contribution < 1.29 is 13.2 Å². The molecule has 2 nitrogen and oxygen atoms in total. The van der Waals surface area contributed by atoms with Crippen LogP contribution >= 0.6 is 15.9 Å². The lowest BCUT2D eigenvalue weighted by Crippen LogP contribution is -2.36. The van der Waals surface area contributed by atoms with Crippen LogP contribution in [0.25, 0.3) is 0 Å². The molecule has 1 N–H and O–H groups in total. The SMILES string of the molecule is CCCN(CCC(NC)c1ccccc1Br)CC(F)(F)F. The fraction of sp³-hybridized carbons (Fsp3) is 0.600. The predicted octanol–water partition coefficient (Wildman–Crippen LogP) is 4.37. The van der Waals surface area contributed by atoms with Gasteiger partial charge in [-0.2, -0.15) is 13.2 Å². The van der Waals surface area contributed by atoms with Gasteiger partial charge in [-0.15, -0.1) is 0 Å². The van der Waals surface area contributed by atoms with Gasteiger partial charge in [0.15, 0.2) is 0 Å². The molecule has 1 atom stereocenters. The number of rotatable bonds is 8. The lowest BCUT2D eigenvalue weighted by molar-refractivity contribution is -0.146. The Hall–Kier alpha value is -0.590. The van der Waals surface area contributed by atoms with E-state index < -0.39 is 12.7 Å². The normalized spacial score (nSPS) is 13.7. The molecule has 6 heteroatoms. The van der Waals surface area contributed by atoms with Gasteiger partial charge in [0.2, 0.25) is 0 Å². The van der Waals surface area contributed by atoms with E-state index in [9.17, 15) is 13.2 Å². The lowest BCUT2D eigenvalue weighted by Gasteiger charge is -2.26. The Morgan fingerprint density at radius 1 is 1.24 bits per heavy atom. The minimum atomic E-state index is -4.14. The summed E-state index contributed by atoms with van der Waals surface area (Å²) in [4.78, 5) is 1.47. The first kappa shape index (κ1) is 18.5. The van der Waals surface area contributed by atoms with Crippen LogP contribution in [0.2, 0.25) is 0 Å². The van der Waals surface area contributed by atoms with Crippen molar-refractivity contribution in [2.45, 2.75) is 32.0 Å². The number of nitrogens with zero attached hydrogens (tertiary/aromatic N) is 1. The molecule has 1 unspecified atom stereocenters. The Morgan fingerprint density at radius 2 is 1.90 bits per heavy atom. The standard InChI is InChI=1S/C15H22BrF3N2/c1-3-9-21(11-15(17,18)19)10-8-14(20-2)12-6-4-5-7-13(12)16/h4-7,14,20H,3,8-11H2,1-2H3. The zero-order chi connectivity index (χ0) is 15.9. The van der Waals surface area contributed by atoms with Gasteiger partial charge < -0.3 is 5.32 Å².